The first kappa shape index (κ1) is 20.0. The Balaban J connectivity index is 1.24. The topological polar surface area (TPSA) is 56.6 Å². The average molecular weight is 436 g/mol. The van der Waals surface area contributed by atoms with E-state index in [2.05, 4.69) is 27.8 Å². The molecule has 2 aliphatic heterocycles. The lowest BCUT2D eigenvalue weighted by molar-refractivity contribution is -0.129. The molecule has 2 aliphatic rings. The van der Waals surface area contributed by atoms with Crippen molar-refractivity contribution in [3.63, 3.8) is 0 Å². The van der Waals surface area contributed by atoms with Crippen molar-refractivity contribution in [1.29, 1.82) is 0 Å². The summed E-state index contributed by atoms with van der Waals surface area (Å²) in [6, 6.07) is 16.4. The van der Waals surface area contributed by atoms with Gasteiger partial charge in [-0.15, -0.1) is 0 Å². The van der Waals surface area contributed by atoms with Gasteiger partial charge in [0.15, 0.2) is 16.7 Å². The molecule has 0 aliphatic carbocycles. The van der Waals surface area contributed by atoms with E-state index >= 15 is 0 Å². The number of nitrogens with zero attached hydrogens (tertiary/aromatic N) is 3. The molecule has 7 heteroatoms. The van der Waals surface area contributed by atoms with Gasteiger partial charge < -0.3 is 18.9 Å². The zero-order valence-electron chi connectivity index (χ0n) is 17.3. The molecule has 0 unspecified atom stereocenters. The minimum atomic E-state index is 0.0907. The van der Waals surface area contributed by atoms with Gasteiger partial charge >= 0.3 is 0 Å². The minimum absolute atomic E-state index is 0.0907. The van der Waals surface area contributed by atoms with Gasteiger partial charge in [0.05, 0.1) is 11.8 Å². The van der Waals surface area contributed by atoms with Crippen molar-refractivity contribution in [2.75, 3.05) is 25.5 Å². The van der Waals surface area contributed by atoms with Crippen molar-refractivity contribution in [3.05, 3.63) is 72.1 Å². The fourth-order valence-corrected chi connectivity index (χ4v) is 5.07. The first-order valence-electron chi connectivity index (χ1n) is 10.6. The van der Waals surface area contributed by atoms with Crippen molar-refractivity contribution >= 4 is 17.7 Å². The highest BCUT2D eigenvalue weighted by Gasteiger charge is 2.31. The van der Waals surface area contributed by atoms with E-state index in [0.717, 1.165) is 48.2 Å². The maximum absolute atomic E-state index is 13.1. The Hall–Kier alpha value is -2.93. The van der Waals surface area contributed by atoms with Gasteiger partial charge in [0, 0.05) is 25.5 Å². The number of fused-ring (bicyclic) bond motifs is 1. The Morgan fingerprint density at radius 2 is 1.94 bits per heavy atom. The van der Waals surface area contributed by atoms with Gasteiger partial charge in [-0.1, -0.05) is 48.2 Å². The van der Waals surface area contributed by atoms with E-state index in [1.165, 1.54) is 17.3 Å². The number of hydrogen-bond acceptors (Lipinski definition) is 5. The summed E-state index contributed by atoms with van der Waals surface area (Å²) >= 11 is 1.50. The normalized spacial score (nSPS) is 17.7. The summed E-state index contributed by atoms with van der Waals surface area (Å²) in [5.74, 6) is 2.09. The van der Waals surface area contributed by atoms with Crippen LogP contribution in [0.1, 0.15) is 30.0 Å². The van der Waals surface area contributed by atoms with Crippen LogP contribution in [0.15, 0.2) is 66.1 Å². The Morgan fingerprint density at radius 1 is 1.10 bits per heavy atom. The van der Waals surface area contributed by atoms with Gasteiger partial charge in [-0.3, -0.25) is 4.79 Å². The van der Waals surface area contributed by atoms with E-state index in [4.69, 9.17) is 9.47 Å². The van der Waals surface area contributed by atoms with Crippen LogP contribution in [0, 0.1) is 0 Å². The summed E-state index contributed by atoms with van der Waals surface area (Å²) in [7, 11) is 0. The molecule has 3 aromatic rings. The van der Waals surface area contributed by atoms with Crippen molar-refractivity contribution < 1.29 is 14.3 Å². The SMILES string of the molecule is O=C(CSc1nccn1Cc1ccccc1)N1CCC[C@@H]1c1ccc2c(c1)OCCO2. The largest absolute Gasteiger partial charge is 0.486 e. The third kappa shape index (κ3) is 4.42. The predicted molar refractivity (Wildman–Crippen MR) is 120 cm³/mol. The second-order valence-corrected chi connectivity index (χ2v) is 8.70. The zero-order chi connectivity index (χ0) is 21.0. The van der Waals surface area contributed by atoms with Crippen molar-refractivity contribution in [2.24, 2.45) is 0 Å². The van der Waals surface area contributed by atoms with Crippen molar-refractivity contribution in [1.82, 2.24) is 14.5 Å². The highest BCUT2D eigenvalue weighted by Crippen LogP contribution is 2.38. The molecular formula is C24H25N3O3S. The number of ether oxygens (including phenoxy) is 2. The second-order valence-electron chi connectivity index (χ2n) is 7.76. The lowest BCUT2D eigenvalue weighted by Gasteiger charge is -2.26. The molecule has 5 rings (SSSR count). The number of benzene rings is 2. The quantitative estimate of drug-likeness (QED) is 0.544. The number of thioether (sulfide) groups is 1. The Morgan fingerprint density at radius 3 is 2.81 bits per heavy atom. The molecule has 0 saturated carbocycles. The van der Waals surface area contributed by atoms with Crippen LogP contribution < -0.4 is 9.47 Å². The zero-order valence-corrected chi connectivity index (χ0v) is 18.1. The number of carbonyl (C=O) groups is 1. The molecule has 6 nitrogen and oxygen atoms in total. The van der Waals surface area contributed by atoms with E-state index in [0.29, 0.717) is 19.0 Å². The van der Waals surface area contributed by atoms with Gasteiger partial charge in [0.25, 0.3) is 0 Å². The van der Waals surface area contributed by atoms with Crippen LogP contribution in [0.2, 0.25) is 0 Å². The molecular weight excluding hydrogens is 410 g/mol. The number of imidazole rings is 1. The maximum Gasteiger partial charge on any atom is 0.233 e. The van der Waals surface area contributed by atoms with E-state index in [1.54, 1.807) is 6.20 Å². The molecule has 1 aromatic heterocycles. The average Bonchev–Trinajstić information content (AvgIpc) is 3.48. The number of amides is 1. The number of rotatable bonds is 6. The molecule has 31 heavy (non-hydrogen) atoms. The Bertz CT molecular complexity index is 1050. The second kappa shape index (κ2) is 9.06. The highest BCUT2D eigenvalue weighted by atomic mass is 32.2. The van der Waals surface area contributed by atoms with Gasteiger partial charge in [-0.25, -0.2) is 4.98 Å². The summed E-state index contributed by atoms with van der Waals surface area (Å²) in [5.41, 5.74) is 2.33. The van der Waals surface area contributed by atoms with Crippen LogP contribution in [0.3, 0.4) is 0 Å². The van der Waals surface area contributed by atoms with Crippen molar-refractivity contribution in [3.8, 4) is 11.5 Å². The number of aromatic nitrogens is 2. The first-order chi connectivity index (χ1) is 15.3. The van der Waals surface area contributed by atoms with E-state index in [9.17, 15) is 4.79 Å². The number of likely N-dealkylation sites (tertiary alicyclic amines) is 1. The fourth-order valence-electron chi connectivity index (χ4n) is 4.22. The number of carbonyl (C=O) groups excluding carboxylic acids is 1. The lowest BCUT2D eigenvalue weighted by atomic mass is 10.0. The molecule has 1 fully saturated rings. The first-order valence-corrected chi connectivity index (χ1v) is 11.6. The van der Waals surface area contributed by atoms with Crippen LogP contribution in [0.5, 0.6) is 11.5 Å². The molecule has 1 amide bonds. The van der Waals surface area contributed by atoms with Crippen LogP contribution in [-0.4, -0.2) is 45.9 Å². The smallest absolute Gasteiger partial charge is 0.233 e. The molecule has 1 saturated heterocycles. The molecule has 0 radical (unpaired) electrons. The van der Waals surface area contributed by atoms with E-state index < -0.39 is 0 Å². The van der Waals surface area contributed by atoms with E-state index in [1.807, 2.05) is 41.4 Å². The standard InChI is InChI=1S/C24H25N3O3S/c28-23(17-31-24-25-10-12-26(24)16-18-5-2-1-3-6-18)27-11-4-7-20(27)19-8-9-21-22(15-19)30-14-13-29-21/h1-3,5-6,8-10,12,15,20H,4,7,11,13-14,16-17H2/t20-/m1/s1. The van der Waals surface area contributed by atoms with Crippen LogP contribution in [0.25, 0.3) is 0 Å². The summed E-state index contributed by atoms with van der Waals surface area (Å²) in [6.07, 6.45) is 5.74. The third-order valence-corrected chi connectivity index (χ3v) is 6.71. The van der Waals surface area contributed by atoms with Gasteiger partial charge in [0.1, 0.15) is 13.2 Å². The summed E-state index contributed by atoms with van der Waals surface area (Å²) < 4.78 is 13.5. The molecule has 3 heterocycles. The molecule has 160 valence electrons. The number of hydrogen-bond donors (Lipinski definition) is 0. The van der Waals surface area contributed by atoms with Gasteiger partial charge in [-0.05, 0) is 36.1 Å². The third-order valence-electron chi connectivity index (χ3n) is 5.72. The Labute approximate surface area is 186 Å². The van der Waals surface area contributed by atoms with Crippen LogP contribution in [0.4, 0.5) is 0 Å². The molecule has 0 spiro atoms. The maximum atomic E-state index is 13.1. The Kier molecular flexibility index (Phi) is 5.84. The molecule has 2 aromatic carbocycles. The summed E-state index contributed by atoms with van der Waals surface area (Å²) in [4.78, 5) is 19.6. The molecule has 0 N–H and O–H groups in total. The minimum Gasteiger partial charge on any atom is -0.486 e. The fraction of sp³-hybridized carbons (Fsp3) is 0.333. The summed E-state index contributed by atoms with van der Waals surface area (Å²) in [6.45, 7) is 2.69. The summed E-state index contributed by atoms with van der Waals surface area (Å²) in [5, 5.41) is 0.868. The van der Waals surface area contributed by atoms with Gasteiger partial charge in [0.2, 0.25) is 5.91 Å². The van der Waals surface area contributed by atoms with Crippen LogP contribution in [-0.2, 0) is 11.3 Å². The van der Waals surface area contributed by atoms with E-state index in [-0.39, 0.29) is 11.9 Å². The van der Waals surface area contributed by atoms with Crippen molar-refractivity contribution in [2.45, 2.75) is 30.6 Å². The van der Waals surface area contributed by atoms with Crippen LogP contribution >= 0.6 is 11.8 Å². The predicted octanol–water partition coefficient (Wildman–Crippen LogP) is 4.16. The monoisotopic (exact) mass is 435 g/mol. The van der Waals surface area contributed by atoms with Gasteiger partial charge in [-0.2, -0.15) is 0 Å². The molecule has 1 atom stereocenters. The molecule has 0 bridgehead atoms. The highest BCUT2D eigenvalue weighted by molar-refractivity contribution is 7.99. The lowest BCUT2D eigenvalue weighted by Crippen LogP contribution is -2.32.